The number of hydrogen-bond donors (Lipinski definition) is 1. The van der Waals surface area contributed by atoms with Crippen LogP contribution in [0.5, 0.6) is 0 Å². The highest BCUT2D eigenvalue weighted by Crippen LogP contribution is 2.34. The zero-order valence-electron chi connectivity index (χ0n) is 9.39. The van der Waals surface area contributed by atoms with E-state index in [0.717, 1.165) is 28.3 Å². The fourth-order valence-electron chi connectivity index (χ4n) is 1.82. The summed E-state index contributed by atoms with van der Waals surface area (Å²) in [7, 11) is 0. The maximum absolute atomic E-state index is 4.72. The van der Waals surface area contributed by atoms with Crippen molar-refractivity contribution in [1.29, 1.82) is 0 Å². The van der Waals surface area contributed by atoms with Gasteiger partial charge in [0.2, 0.25) is 0 Å². The summed E-state index contributed by atoms with van der Waals surface area (Å²) in [4.78, 5) is 4.51. The minimum absolute atomic E-state index is 0. The average Bonchev–Trinajstić information content (AvgIpc) is 2.64. The molecule has 0 fully saturated rings. The molecule has 0 aliphatic carbocycles. The minimum Gasteiger partial charge on any atom is -0.357 e. The maximum atomic E-state index is 4.72. The van der Waals surface area contributed by atoms with Crippen LogP contribution in [0.25, 0.3) is 11.0 Å². The topological polar surface area (TPSA) is 63.3 Å². The number of aromatic nitrogens is 2. The third kappa shape index (κ3) is 1.89. The van der Waals surface area contributed by atoms with Crippen LogP contribution in [0.1, 0.15) is 13.8 Å². The van der Waals surface area contributed by atoms with Crippen LogP contribution in [0.3, 0.4) is 0 Å². The molecular formula is C11H11ClN4O. The van der Waals surface area contributed by atoms with E-state index in [4.69, 9.17) is 4.63 Å². The highest BCUT2D eigenvalue weighted by molar-refractivity contribution is 6.03. The molecule has 1 aliphatic rings. The predicted molar refractivity (Wildman–Crippen MR) is 69.2 cm³/mol. The van der Waals surface area contributed by atoms with Crippen LogP contribution in [0.4, 0.5) is 11.4 Å². The van der Waals surface area contributed by atoms with E-state index in [2.05, 4.69) is 20.6 Å². The molecule has 3 rings (SSSR count). The van der Waals surface area contributed by atoms with Gasteiger partial charge in [-0.1, -0.05) is 0 Å². The monoisotopic (exact) mass is 250 g/mol. The van der Waals surface area contributed by atoms with Gasteiger partial charge >= 0.3 is 0 Å². The maximum Gasteiger partial charge on any atom is 0.162 e. The van der Waals surface area contributed by atoms with E-state index in [-0.39, 0.29) is 12.4 Å². The smallest absolute Gasteiger partial charge is 0.162 e. The fraction of sp³-hybridized carbons (Fsp3) is 0.182. The Balaban J connectivity index is 0.00000108. The van der Waals surface area contributed by atoms with Gasteiger partial charge in [-0.05, 0) is 42.4 Å². The lowest BCUT2D eigenvalue weighted by molar-refractivity contribution is 0.315. The number of anilines is 1. The summed E-state index contributed by atoms with van der Waals surface area (Å²) < 4.78 is 4.72. The van der Waals surface area contributed by atoms with Crippen LogP contribution in [-0.2, 0) is 0 Å². The molecule has 1 N–H and O–H groups in total. The van der Waals surface area contributed by atoms with Crippen LogP contribution < -0.4 is 5.32 Å². The van der Waals surface area contributed by atoms with Crippen LogP contribution in [0.2, 0.25) is 0 Å². The molecule has 1 aromatic carbocycles. The number of halogens is 1. The first-order valence-electron chi connectivity index (χ1n) is 5.00. The van der Waals surface area contributed by atoms with Gasteiger partial charge in [-0.25, -0.2) is 9.62 Å². The Morgan fingerprint density at radius 3 is 2.82 bits per heavy atom. The molecule has 2 aromatic rings. The number of nitrogens with zero attached hydrogens (tertiary/aromatic N) is 3. The van der Waals surface area contributed by atoms with Crippen molar-refractivity contribution in [2.24, 2.45) is 4.99 Å². The van der Waals surface area contributed by atoms with Crippen LogP contribution in [-0.4, -0.2) is 16.0 Å². The highest BCUT2D eigenvalue weighted by Gasteiger charge is 2.13. The van der Waals surface area contributed by atoms with E-state index in [9.17, 15) is 0 Å². The van der Waals surface area contributed by atoms with Gasteiger partial charge in [0.05, 0.1) is 5.69 Å². The van der Waals surface area contributed by atoms with E-state index in [0.29, 0.717) is 5.52 Å². The fourth-order valence-corrected chi connectivity index (χ4v) is 1.82. The quantitative estimate of drug-likeness (QED) is 0.781. The van der Waals surface area contributed by atoms with E-state index < -0.39 is 0 Å². The molecule has 0 atom stereocenters. The first-order valence-corrected chi connectivity index (χ1v) is 5.00. The van der Waals surface area contributed by atoms with Crippen LogP contribution >= 0.6 is 12.4 Å². The Hall–Kier alpha value is -1.88. The first-order chi connectivity index (χ1) is 7.74. The van der Waals surface area contributed by atoms with E-state index in [1.165, 1.54) is 0 Å². The molecule has 6 heteroatoms. The SMILES string of the molecule is CC1=CC(C)=Nc2c(ccc3nonc23)N1.Cl. The Morgan fingerprint density at radius 2 is 2.00 bits per heavy atom. The number of nitrogens with one attached hydrogen (secondary N) is 1. The molecule has 17 heavy (non-hydrogen) atoms. The van der Waals surface area contributed by atoms with Crippen molar-refractivity contribution < 1.29 is 4.63 Å². The summed E-state index contributed by atoms with van der Waals surface area (Å²) in [5.41, 5.74) is 5.09. The molecule has 2 heterocycles. The standard InChI is InChI=1S/C11H10N4O.ClH/c1-6-5-7(2)13-10-8(12-6)3-4-9-11(10)15-16-14-9;/h3-5,12H,1-2H3;1H. The third-order valence-corrected chi connectivity index (χ3v) is 2.45. The summed E-state index contributed by atoms with van der Waals surface area (Å²) in [5, 5.41) is 10.9. The molecule has 0 amide bonds. The van der Waals surface area contributed by atoms with Gasteiger partial charge in [0, 0.05) is 11.4 Å². The lowest BCUT2D eigenvalue weighted by Crippen LogP contribution is -1.95. The molecule has 0 spiro atoms. The van der Waals surface area contributed by atoms with E-state index in [1.54, 1.807) is 0 Å². The normalized spacial score (nSPS) is 14.0. The zero-order chi connectivity index (χ0) is 11.1. The number of rotatable bonds is 0. The number of hydrogen-bond acceptors (Lipinski definition) is 5. The van der Waals surface area contributed by atoms with Crippen molar-refractivity contribution in [3.05, 3.63) is 23.9 Å². The van der Waals surface area contributed by atoms with E-state index in [1.807, 2.05) is 32.1 Å². The molecule has 0 radical (unpaired) electrons. The second-order valence-corrected chi connectivity index (χ2v) is 3.80. The third-order valence-electron chi connectivity index (χ3n) is 2.45. The van der Waals surface area contributed by atoms with Gasteiger partial charge in [-0.15, -0.1) is 12.4 Å². The average molecular weight is 251 g/mol. The Bertz CT molecular complexity index is 629. The van der Waals surface area contributed by atoms with Crippen LogP contribution in [0, 0.1) is 0 Å². The van der Waals surface area contributed by atoms with Gasteiger partial charge in [-0.2, -0.15) is 0 Å². The molecule has 0 bridgehead atoms. The molecule has 0 saturated heterocycles. The van der Waals surface area contributed by atoms with Crippen LogP contribution in [0.15, 0.2) is 33.5 Å². The van der Waals surface area contributed by atoms with Gasteiger partial charge < -0.3 is 5.32 Å². The summed E-state index contributed by atoms with van der Waals surface area (Å²) in [6.07, 6.45) is 1.99. The number of fused-ring (bicyclic) bond motifs is 3. The van der Waals surface area contributed by atoms with Gasteiger partial charge in [0.1, 0.15) is 11.2 Å². The molecule has 5 nitrogen and oxygen atoms in total. The molecule has 0 saturated carbocycles. The zero-order valence-corrected chi connectivity index (χ0v) is 10.2. The van der Waals surface area contributed by atoms with Gasteiger partial charge in [0.25, 0.3) is 0 Å². The minimum atomic E-state index is 0. The Labute approximate surface area is 104 Å². The lowest BCUT2D eigenvalue weighted by Gasteiger charge is -2.05. The summed E-state index contributed by atoms with van der Waals surface area (Å²) >= 11 is 0. The predicted octanol–water partition coefficient (Wildman–Crippen LogP) is 3.07. The number of benzene rings is 1. The van der Waals surface area contributed by atoms with Gasteiger partial charge in [0.15, 0.2) is 5.52 Å². The van der Waals surface area contributed by atoms with Crippen molar-refractivity contribution in [3.8, 4) is 0 Å². The summed E-state index contributed by atoms with van der Waals surface area (Å²) in [5.74, 6) is 0. The summed E-state index contributed by atoms with van der Waals surface area (Å²) in [6, 6.07) is 3.79. The van der Waals surface area contributed by atoms with Crippen molar-refractivity contribution in [2.75, 3.05) is 5.32 Å². The second-order valence-electron chi connectivity index (χ2n) is 3.80. The largest absolute Gasteiger partial charge is 0.357 e. The Morgan fingerprint density at radius 1 is 1.18 bits per heavy atom. The number of allylic oxidation sites excluding steroid dienone is 2. The Kier molecular flexibility index (Phi) is 2.85. The highest BCUT2D eigenvalue weighted by atomic mass is 35.5. The lowest BCUT2D eigenvalue weighted by atomic mass is 10.2. The number of aliphatic imine (C=N–C) groups is 1. The molecule has 0 unspecified atom stereocenters. The van der Waals surface area contributed by atoms with Crippen molar-refractivity contribution in [3.63, 3.8) is 0 Å². The molecule has 88 valence electrons. The first kappa shape index (κ1) is 11.6. The van der Waals surface area contributed by atoms with Gasteiger partial charge in [-0.3, -0.25) is 0 Å². The van der Waals surface area contributed by atoms with Crippen molar-refractivity contribution in [2.45, 2.75) is 13.8 Å². The molecule has 1 aromatic heterocycles. The van der Waals surface area contributed by atoms with Crippen molar-refractivity contribution in [1.82, 2.24) is 10.3 Å². The second kappa shape index (κ2) is 4.18. The van der Waals surface area contributed by atoms with E-state index >= 15 is 0 Å². The molecule has 1 aliphatic heterocycles. The summed E-state index contributed by atoms with van der Waals surface area (Å²) in [6.45, 7) is 3.95. The molecular weight excluding hydrogens is 240 g/mol. The van der Waals surface area contributed by atoms with Crippen molar-refractivity contribution >= 4 is 40.5 Å².